The van der Waals surface area contributed by atoms with Gasteiger partial charge in [0, 0.05) is 27.9 Å². The molecule has 1 heterocycles. The van der Waals surface area contributed by atoms with Gasteiger partial charge in [-0.05, 0) is 28.8 Å². The second-order valence-electron chi connectivity index (χ2n) is 5.81. The predicted octanol–water partition coefficient (Wildman–Crippen LogP) is 4.22. The Labute approximate surface area is 150 Å². The SMILES string of the molecule is COC(=O)CC(=O)CCc1ccsc1-c1ccc2ccccc2c1N. The van der Waals surface area contributed by atoms with Gasteiger partial charge in [-0.3, -0.25) is 9.59 Å². The number of aryl methyl sites for hydroxylation is 1. The van der Waals surface area contributed by atoms with Crippen molar-refractivity contribution in [2.24, 2.45) is 0 Å². The van der Waals surface area contributed by atoms with Crippen molar-refractivity contribution in [1.82, 2.24) is 0 Å². The topological polar surface area (TPSA) is 69.4 Å². The molecule has 5 heteroatoms. The summed E-state index contributed by atoms with van der Waals surface area (Å²) in [5.41, 5.74) is 9.21. The van der Waals surface area contributed by atoms with Crippen molar-refractivity contribution in [3.05, 3.63) is 53.4 Å². The average molecular weight is 353 g/mol. The summed E-state index contributed by atoms with van der Waals surface area (Å²) < 4.78 is 4.53. The molecule has 3 aromatic rings. The molecule has 0 radical (unpaired) electrons. The number of hydrogen-bond acceptors (Lipinski definition) is 5. The van der Waals surface area contributed by atoms with Gasteiger partial charge in [0.2, 0.25) is 0 Å². The van der Waals surface area contributed by atoms with Crippen LogP contribution in [0.15, 0.2) is 47.8 Å². The van der Waals surface area contributed by atoms with E-state index in [0.29, 0.717) is 12.8 Å². The van der Waals surface area contributed by atoms with Crippen LogP contribution in [-0.2, 0) is 20.7 Å². The monoisotopic (exact) mass is 353 g/mol. The van der Waals surface area contributed by atoms with E-state index in [4.69, 9.17) is 5.73 Å². The number of anilines is 1. The van der Waals surface area contributed by atoms with Gasteiger partial charge in [0.15, 0.2) is 0 Å². The van der Waals surface area contributed by atoms with E-state index in [1.54, 1.807) is 11.3 Å². The zero-order chi connectivity index (χ0) is 17.8. The van der Waals surface area contributed by atoms with Gasteiger partial charge in [-0.25, -0.2) is 0 Å². The molecule has 1 aromatic heterocycles. The number of carbonyl (C=O) groups is 2. The van der Waals surface area contributed by atoms with Crippen LogP contribution in [0.2, 0.25) is 0 Å². The standard InChI is InChI=1S/C20H19NO3S/c1-24-18(23)12-15(22)8-6-14-10-11-25-20(14)17-9-7-13-4-2-3-5-16(13)19(17)21/h2-5,7,9-11H,6,8,12,21H2,1H3. The first-order chi connectivity index (χ1) is 12.1. The normalized spacial score (nSPS) is 10.8. The average Bonchev–Trinajstić information content (AvgIpc) is 3.08. The third kappa shape index (κ3) is 3.72. The molecule has 0 amide bonds. The minimum Gasteiger partial charge on any atom is -0.469 e. The fourth-order valence-electron chi connectivity index (χ4n) is 2.86. The van der Waals surface area contributed by atoms with Crippen molar-refractivity contribution in [2.75, 3.05) is 12.8 Å². The van der Waals surface area contributed by atoms with E-state index >= 15 is 0 Å². The predicted molar refractivity (Wildman–Crippen MR) is 102 cm³/mol. The second-order valence-corrected chi connectivity index (χ2v) is 6.73. The number of ether oxygens (including phenoxy) is 1. The summed E-state index contributed by atoms with van der Waals surface area (Å²) in [4.78, 5) is 24.1. The number of esters is 1. The van der Waals surface area contributed by atoms with Crippen molar-refractivity contribution in [3.8, 4) is 10.4 Å². The van der Waals surface area contributed by atoms with Gasteiger partial charge < -0.3 is 10.5 Å². The number of nitrogens with two attached hydrogens (primary N) is 1. The number of Topliss-reactive ketones (excluding diaryl/α,β-unsaturated/α-hetero) is 1. The quantitative estimate of drug-likeness (QED) is 0.409. The van der Waals surface area contributed by atoms with Crippen molar-refractivity contribution < 1.29 is 14.3 Å². The molecule has 0 fully saturated rings. The molecule has 0 spiro atoms. The highest BCUT2D eigenvalue weighted by Crippen LogP contribution is 2.37. The highest BCUT2D eigenvalue weighted by Gasteiger charge is 2.15. The van der Waals surface area contributed by atoms with Crippen LogP contribution in [0.5, 0.6) is 0 Å². The summed E-state index contributed by atoms with van der Waals surface area (Å²) in [6, 6.07) is 14.1. The maximum Gasteiger partial charge on any atom is 0.313 e. The Morgan fingerprint density at radius 1 is 1.12 bits per heavy atom. The van der Waals surface area contributed by atoms with E-state index in [-0.39, 0.29) is 12.2 Å². The zero-order valence-electron chi connectivity index (χ0n) is 14.0. The molecule has 0 bridgehead atoms. The Bertz CT molecular complexity index is 930. The van der Waals surface area contributed by atoms with Crippen LogP contribution in [0.3, 0.4) is 0 Å². The van der Waals surface area contributed by atoms with Gasteiger partial charge in [-0.15, -0.1) is 11.3 Å². The molecule has 0 unspecified atom stereocenters. The molecule has 0 saturated heterocycles. The Morgan fingerprint density at radius 3 is 2.72 bits per heavy atom. The number of rotatable bonds is 6. The summed E-state index contributed by atoms with van der Waals surface area (Å²) >= 11 is 1.61. The number of benzene rings is 2. The zero-order valence-corrected chi connectivity index (χ0v) is 14.8. The summed E-state index contributed by atoms with van der Waals surface area (Å²) in [6.07, 6.45) is 0.724. The lowest BCUT2D eigenvalue weighted by atomic mass is 9.99. The number of fused-ring (bicyclic) bond motifs is 1. The summed E-state index contributed by atoms with van der Waals surface area (Å²) in [6.45, 7) is 0. The molecule has 0 saturated carbocycles. The largest absolute Gasteiger partial charge is 0.469 e. The number of hydrogen-bond donors (Lipinski definition) is 1. The Kier molecular flexibility index (Phi) is 5.14. The molecule has 0 aliphatic carbocycles. The van der Waals surface area contributed by atoms with Gasteiger partial charge >= 0.3 is 5.97 Å². The lowest BCUT2D eigenvalue weighted by Crippen LogP contribution is -2.09. The molecule has 0 atom stereocenters. The minimum atomic E-state index is -0.491. The van der Waals surface area contributed by atoms with E-state index in [9.17, 15) is 9.59 Å². The van der Waals surface area contributed by atoms with Gasteiger partial charge in [-0.1, -0.05) is 36.4 Å². The first kappa shape index (κ1) is 17.2. The summed E-state index contributed by atoms with van der Waals surface area (Å²) in [7, 11) is 1.29. The third-order valence-electron chi connectivity index (χ3n) is 4.20. The fraction of sp³-hybridized carbons (Fsp3) is 0.200. The Balaban J connectivity index is 1.83. The van der Waals surface area contributed by atoms with Crippen molar-refractivity contribution in [1.29, 1.82) is 0 Å². The van der Waals surface area contributed by atoms with E-state index < -0.39 is 5.97 Å². The molecule has 4 nitrogen and oxygen atoms in total. The Morgan fingerprint density at radius 2 is 1.92 bits per heavy atom. The number of thiophene rings is 1. The number of nitrogen functional groups attached to an aromatic ring is 1. The first-order valence-electron chi connectivity index (χ1n) is 8.02. The van der Waals surface area contributed by atoms with Gasteiger partial charge in [0.05, 0.1) is 7.11 Å². The van der Waals surface area contributed by atoms with Crippen LogP contribution in [0, 0.1) is 0 Å². The van der Waals surface area contributed by atoms with Crippen LogP contribution < -0.4 is 5.73 Å². The summed E-state index contributed by atoms with van der Waals surface area (Å²) in [5, 5.41) is 4.14. The second kappa shape index (κ2) is 7.49. The molecule has 0 aliphatic heterocycles. The molecular formula is C20H19NO3S. The molecule has 3 rings (SSSR count). The molecule has 2 N–H and O–H groups in total. The Hall–Kier alpha value is -2.66. The van der Waals surface area contributed by atoms with Crippen molar-refractivity contribution in [3.63, 3.8) is 0 Å². The van der Waals surface area contributed by atoms with Crippen LogP contribution in [0.4, 0.5) is 5.69 Å². The van der Waals surface area contributed by atoms with Gasteiger partial charge in [0.25, 0.3) is 0 Å². The van der Waals surface area contributed by atoms with Gasteiger partial charge in [0.1, 0.15) is 12.2 Å². The highest BCUT2D eigenvalue weighted by atomic mass is 32.1. The number of carbonyl (C=O) groups excluding carboxylic acids is 2. The van der Waals surface area contributed by atoms with Gasteiger partial charge in [-0.2, -0.15) is 0 Å². The minimum absolute atomic E-state index is 0.115. The van der Waals surface area contributed by atoms with Crippen LogP contribution in [-0.4, -0.2) is 18.9 Å². The summed E-state index contributed by atoms with van der Waals surface area (Å²) in [5.74, 6) is -0.607. The first-order valence-corrected chi connectivity index (χ1v) is 8.90. The molecule has 128 valence electrons. The lowest BCUT2D eigenvalue weighted by molar-refractivity contribution is -0.143. The molecular weight excluding hydrogens is 334 g/mol. The third-order valence-corrected chi connectivity index (χ3v) is 5.19. The van der Waals surface area contributed by atoms with Crippen LogP contribution in [0.1, 0.15) is 18.4 Å². The van der Waals surface area contributed by atoms with Crippen molar-refractivity contribution in [2.45, 2.75) is 19.3 Å². The van der Waals surface area contributed by atoms with E-state index in [2.05, 4.69) is 10.8 Å². The lowest BCUT2D eigenvalue weighted by Gasteiger charge is -2.10. The maximum atomic E-state index is 11.9. The van der Waals surface area contributed by atoms with Crippen molar-refractivity contribution >= 4 is 39.5 Å². The smallest absolute Gasteiger partial charge is 0.313 e. The fourth-order valence-corrected chi connectivity index (χ4v) is 3.85. The van der Waals surface area contributed by atoms with E-state index in [1.807, 2.05) is 41.8 Å². The van der Waals surface area contributed by atoms with Crippen LogP contribution in [0.25, 0.3) is 21.2 Å². The number of methoxy groups -OCH3 is 1. The number of ketones is 1. The molecule has 0 aliphatic rings. The van der Waals surface area contributed by atoms with E-state index in [1.165, 1.54) is 7.11 Å². The van der Waals surface area contributed by atoms with Crippen LogP contribution >= 0.6 is 11.3 Å². The molecule has 2 aromatic carbocycles. The molecule has 25 heavy (non-hydrogen) atoms. The highest BCUT2D eigenvalue weighted by molar-refractivity contribution is 7.13. The maximum absolute atomic E-state index is 11.9. The van der Waals surface area contributed by atoms with E-state index in [0.717, 1.165) is 32.5 Å².